The van der Waals surface area contributed by atoms with Crippen molar-refractivity contribution >= 4 is 11.8 Å². The fourth-order valence-electron chi connectivity index (χ4n) is 1.88. The first-order valence-electron chi connectivity index (χ1n) is 6.00. The molecule has 17 heavy (non-hydrogen) atoms. The second-order valence-electron chi connectivity index (χ2n) is 4.16. The van der Waals surface area contributed by atoms with Crippen LogP contribution in [0.5, 0.6) is 0 Å². The van der Waals surface area contributed by atoms with Crippen LogP contribution in [0.2, 0.25) is 0 Å². The number of hydrogen-bond acceptors (Lipinski definition) is 3. The number of benzene rings is 1. The van der Waals surface area contributed by atoms with E-state index in [1.807, 2.05) is 18.8 Å². The number of thioether (sulfide) groups is 1. The van der Waals surface area contributed by atoms with Gasteiger partial charge < -0.3 is 10.1 Å². The van der Waals surface area contributed by atoms with E-state index < -0.39 is 0 Å². The van der Waals surface area contributed by atoms with Crippen molar-refractivity contribution in [1.82, 2.24) is 5.32 Å². The van der Waals surface area contributed by atoms with E-state index in [0.29, 0.717) is 6.04 Å². The van der Waals surface area contributed by atoms with Crippen molar-refractivity contribution in [1.29, 1.82) is 0 Å². The zero-order chi connectivity index (χ0) is 12.1. The first-order valence-corrected chi connectivity index (χ1v) is 6.98. The number of nitrogens with one attached hydrogen (secondary N) is 1. The maximum absolute atomic E-state index is 5.61. The Morgan fingerprint density at radius 3 is 2.88 bits per heavy atom. The van der Waals surface area contributed by atoms with Crippen molar-refractivity contribution in [2.45, 2.75) is 24.3 Å². The lowest BCUT2D eigenvalue weighted by atomic mass is 10.2. The number of ether oxygens (including phenoxy) is 1. The van der Waals surface area contributed by atoms with Crippen LogP contribution in [0.25, 0.3) is 0 Å². The van der Waals surface area contributed by atoms with Crippen LogP contribution in [0.3, 0.4) is 0 Å². The van der Waals surface area contributed by atoms with Crippen molar-refractivity contribution in [3.05, 3.63) is 41.7 Å². The molecule has 1 aromatic carbocycles. The molecule has 0 bridgehead atoms. The van der Waals surface area contributed by atoms with E-state index in [1.165, 1.54) is 10.5 Å². The number of likely N-dealkylation sites (N-methyl/N-ethyl adjacent to an activating group) is 1. The van der Waals surface area contributed by atoms with Gasteiger partial charge in [0.05, 0.1) is 12.6 Å². The summed E-state index contributed by atoms with van der Waals surface area (Å²) in [7, 11) is 1.99. The highest BCUT2D eigenvalue weighted by Crippen LogP contribution is 2.25. The maximum Gasteiger partial charge on any atom is 0.110 e. The lowest BCUT2D eigenvalue weighted by Gasteiger charge is -2.17. The predicted molar refractivity (Wildman–Crippen MR) is 73.4 cm³/mol. The summed E-state index contributed by atoms with van der Waals surface area (Å²) >= 11 is 1.88. The van der Waals surface area contributed by atoms with Crippen LogP contribution in [-0.4, -0.2) is 25.4 Å². The quantitative estimate of drug-likeness (QED) is 0.811. The van der Waals surface area contributed by atoms with E-state index in [9.17, 15) is 0 Å². The summed E-state index contributed by atoms with van der Waals surface area (Å²) in [6.07, 6.45) is 3.24. The van der Waals surface area contributed by atoms with Gasteiger partial charge >= 0.3 is 0 Å². The van der Waals surface area contributed by atoms with Gasteiger partial charge in [-0.1, -0.05) is 18.2 Å². The van der Waals surface area contributed by atoms with E-state index in [2.05, 4.69) is 42.6 Å². The molecule has 0 amide bonds. The molecule has 0 spiro atoms. The highest BCUT2D eigenvalue weighted by Gasteiger charge is 2.17. The summed E-state index contributed by atoms with van der Waals surface area (Å²) in [5, 5.41) is 3.32. The van der Waals surface area contributed by atoms with E-state index in [4.69, 9.17) is 4.74 Å². The van der Waals surface area contributed by atoms with Gasteiger partial charge in [0.1, 0.15) is 5.76 Å². The van der Waals surface area contributed by atoms with Gasteiger partial charge in [-0.05, 0) is 31.7 Å². The smallest absolute Gasteiger partial charge is 0.110 e. The summed E-state index contributed by atoms with van der Waals surface area (Å²) in [4.78, 5) is 1.35. The SMILES string of the molecule is CNC(CSc1ccccc1C)C1=CCCO1. The maximum atomic E-state index is 5.61. The minimum Gasteiger partial charge on any atom is -0.496 e. The normalized spacial score (nSPS) is 16.5. The predicted octanol–water partition coefficient (Wildman–Crippen LogP) is 2.98. The highest BCUT2D eigenvalue weighted by molar-refractivity contribution is 7.99. The average Bonchev–Trinajstić information content (AvgIpc) is 2.86. The van der Waals surface area contributed by atoms with Gasteiger partial charge in [-0.2, -0.15) is 0 Å². The first kappa shape index (κ1) is 12.5. The van der Waals surface area contributed by atoms with Gasteiger partial charge in [-0.15, -0.1) is 11.8 Å². The summed E-state index contributed by atoms with van der Waals surface area (Å²) < 4.78 is 5.61. The van der Waals surface area contributed by atoms with Gasteiger partial charge in [0.25, 0.3) is 0 Å². The van der Waals surface area contributed by atoms with Gasteiger partial charge in [0, 0.05) is 17.1 Å². The van der Waals surface area contributed by atoms with Crippen LogP contribution in [0.4, 0.5) is 0 Å². The fourth-order valence-corrected chi connectivity index (χ4v) is 3.03. The molecular formula is C14H19NOS. The molecule has 0 radical (unpaired) electrons. The van der Waals surface area contributed by atoms with Crippen molar-refractivity contribution in [2.75, 3.05) is 19.4 Å². The second kappa shape index (κ2) is 6.12. The Labute approximate surface area is 107 Å². The molecule has 1 N–H and O–H groups in total. The molecule has 0 aliphatic carbocycles. The molecule has 1 aliphatic rings. The monoisotopic (exact) mass is 249 g/mol. The molecule has 1 atom stereocenters. The number of hydrogen-bond donors (Lipinski definition) is 1. The molecular weight excluding hydrogens is 230 g/mol. The summed E-state index contributed by atoms with van der Waals surface area (Å²) in [6.45, 7) is 2.99. The third-order valence-electron chi connectivity index (χ3n) is 2.92. The zero-order valence-corrected chi connectivity index (χ0v) is 11.2. The molecule has 0 saturated carbocycles. The topological polar surface area (TPSA) is 21.3 Å². The molecule has 0 saturated heterocycles. The Hall–Kier alpha value is -0.930. The molecule has 2 nitrogen and oxygen atoms in total. The van der Waals surface area contributed by atoms with Crippen LogP contribution in [0.15, 0.2) is 41.0 Å². The van der Waals surface area contributed by atoms with Crippen molar-refractivity contribution < 1.29 is 4.74 Å². The summed E-state index contributed by atoms with van der Waals surface area (Å²) in [6, 6.07) is 8.83. The minimum absolute atomic E-state index is 0.321. The molecule has 1 aliphatic heterocycles. The lowest BCUT2D eigenvalue weighted by Crippen LogP contribution is -2.30. The van der Waals surface area contributed by atoms with Gasteiger partial charge in [-0.3, -0.25) is 0 Å². The summed E-state index contributed by atoms with van der Waals surface area (Å²) in [5.41, 5.74) is 1.34. The Morgan fingerprint density at radius 1 is 1.41 bits per heavy atom. The molecule has 0 fully saturated rings. The van der Waals surface area contributed by atoms with Gasteiger partial charge in [0.2, 0.25) is 0 Å². The zero-order valence-electron chi connectivity index (χ0n) is 10.4. The number of rotatable bonds is 5. The molecule has 1 unspecified atom stereocenters. The summed E-state index contributed by atoms with van der Waals surface area (Å²) in [5.74, 6) is 2.11. The minimum atomic E-state index is 0.321. The third kappa shape index (κ3) is 3.27. The Morgan fingerprint density at radius 2 is 2.24 bits per heavy atom. The molecule has 92 valence electrons. The van der Waals surface area contributed by atoms with Crippen LogP contribution in [-0.2, 0) is 4.74 Å². The first-order chi connectivity index (χ1) is 8.31. The lowest BCUT2D eigenvalue weighted by molar-refractivity contribution is 0.222. The van der Waals surface area contributed by atoms with Gasteiger partial charge in [0.15, 0.2) is 0 Å². The Bertz CT molecular complexity index is 403. The standard InChI is InChI=1S/C14H19NOS/c1-11-6-3-4-8-14(11)17-10-12(15-2)13-7-5-9-16-13/h3-4,6-8,12,15H,5,9-10H2,1-2H3. The van der Waals surface area contributed by atoms with Crippen molar-refractivity contribution in [3.8, 4) is 0 Å². The van der Waals surface area contributed by atoms with E-state index in [-0.39, 0.29) is 0 Å². The van der Waals surface area contributed by atoms with Crippen LogP contribution < -0.4 is 5.32 Å². The Balaban J connectivity index is 1.94. The van der Waals surface area contributed by atoms with Crippen LogP contribution >= 0.6 is 11.8 Å². The molecule has 3 heteroatoms. The molecule has 0 aromatic heterocycles. The third-order valence-corrected chi connectivity index (χ3v) is 4.19. The molecule has 2 rings (SSSR count). The van der Waals surface area contributed by atoms with Gasteiger partial charge in [-0.25, -0.2) is 0 Å². The second-order valence-corrected chi connectivity index (χ2v) is 5.22. The van der Waals surface area contributed by atoms with E-state index in [0.717, 1.165) is 24.5 Å². The largest absolute Gasteiger partial charge is 0.496 e. The van der Waals surface area contributed by atoms with Crippen molar-refractivity contribution in [2.24, 2.45) is 0 Å². The van der Waals surface area contributed by atoms with Crippen LogP contribution in [0.1, 0.15) is 12.0 Å². The fraction of sp³-hybridized carbons (Fsp3) is 0.429. The van der Waals surface area contributed by atoms with Crippen LogP contribution in [0, 0.1) is 6.92 Å². The highest BCUT2D eigenvalue weighted by atomic mass is 32.2. The van der Waals surface area contributed by atoms with Crippen molar-refractivity contribution in [3.63, 3.8) is 0 Å². The number of aryl methyl sites for hydroxylation is 1. The van der Waals surface area contributed by atoms with E-state index in [1.54, 1.807) is 0 Å². The molecule has 1 heterocycles. The van der Waals surface area contributed by atoms with E-state index >= 15 is 0 Å². The molecule has 1 aromatic rings. The average molecular weight is 249 g/mol. The Kier molecular flexibility index (Phi) is 4.51.